The molecule has 0 aliphatic carbocycles. The summed E-state index contributed by atoms with van der Waals surface area (Å²) in [4.78, 5) is 20.7. The van der Waals surface area contributed by atoms with Crippen molar-refractivity contribution in [1.29, 1.82) is 0 Å². The molecule has 0 aliphatic heterocycles. The zero-order valence-electron chi connectivity index (χ0n) is 8.71. The van der Waals surface area contributed by atoms with Crippen molar-refractivity contribution in [2.75, 3.05) is 19.3 Å². The molecule has 1 rings (SSSR count). The number of aliphatic hydroxyl groups excluding tert-OH is 1. The van der Waals surface area contributed by atoms with Crippen LogP contribution in [0.2, 0.25) is 0 Å². The number of carbonyl (C=O) groups excluding carboxylic acids is 1. The molecule has 3 N–H and O–H groups in total. The van der Waals surface area contributed by atoms with Crippen LogP contribution in [0.5, 0.6) is 0 Å². The largest absolute Gasteiger partial charge is 0.392 e. The Labute approximate surface area is 87.8 Å². The smallest absolute Gasteiger partial charge is 0.273 e. The van der Waals surface area contributed by atoms with Crippen LogP contribution in [0.15, 0.2) is 12.4 Å². The molecule has 82 valence electrons. The molecule has 15 heavy (non-hydrogen) atoms. The van der Waals surface area contributed by atoms with Crippen molar-refractivity contribution >= 4 is 11.7 Å². The summed E-state index contributed by atoms with van der Waals surface area (Å²) in [6.07, 6.45) is 2.07. The first-order chi connectivity index (χ1) is 7.00. The Kier molecular flexibility index (Phi) is 3.56. The predicted molar refractivity (Wildman–Crippen MR) is 55.1 cm³/mol. The third-order valence-electron chi connectivity index (χ3n) is 1.78. The fourth-order valence-corrected chi connectivity index (χ4v) is 1.12. The SMILES string of the molecule is CC(O)CN(C)C(=O)c1cnc(N)cn1. The van der Waals surface area contributed by atoms with E-state index in [0.29, 0.717) is 0 Å². The summed E-state index contributed by atoms with van der Waals surface area (Å²) >= 11 is 0. The number of aromatic nitrogens is 2. The highest BCUT2D eigenvalue weighted by atomic mass is 16.3. The van der Waals surface area contributed by atoms with Gasteiger partial charge in [-0.3, -0.25) is 4.79 Å². The summed E-state index contributed by atoms with van der Waals surface area (Å²) in [6.45, 7) is 1.86. The molecule has 1 aromatic heterocycles. The first kappa shape index (κ1) is 11.4. The van der Waals surface area contributed by atoms with Crippen LogP contribution in [0.4, 0.5) is 5.82 Å². The van der Waals surface area contributed by atoms with Crippen LogP contribution in [-0.4, -0.2) is 45.6 Å². The van der Waals surface area contributed by atoms with Crippen molar-refractivity contribution in [3.8, 4) is 0 Å². The van der Waals surface area contributed by atoms with Crippen molar-refractivity contribution < 1.29 is 9.90 Å². The predicted octanol–water partition coefficient (Wildman–Crippen LogP) is -0.488. The van der Waals surface area contributed by atoms with E-state index in [0.717, 1.165) is 0 Å². The third-order valence-corrected chi connectivity index (χ3v) is 1.78. The topological polar surface area (TPSA) is 92.3 Å². The van der Waals surface area contributed by atoms with Gasteiger partial charge in [-0.2, -0.15) is 0 Å². The molecule has 1 unspecified atom stereocenters. The quantitative estimate of drug-likeness (QED) is 0.702. The Hall–Kier alpha value is -1.69. The molecule has 1 heterocycles. The van der Waals surface area contributed by atoms with Gasteiger partial charge in [0.25, 0.3) is 5.91 Å². The summed E-state index contributed by atoms with van der Waals surface area (Å²) in [5.74, 6) is -0.0203. The molecular weight excluding hydrogens is 196 g/mol. The number of hydrogen-bond donors (Lipinski definition) is 2. The molecule has 1 aromatic rings. The number of amides is 1. The van der Waals surface area contributed by atoms with Crippen LogP contribution in [0.25, 0.3) is 0 Å². The Morgan fingerprint density at radius 3 is 2.73 bits per heavy atom. The summed E-state index contributed by atoms with van der Waals surface area (Å²) < 4.78 is 0. The number of likely N-dealkylation sites (N-methyl/N-ethyl adjacent to an activating group) is 1. The van der Waals surface area contributed by atoms with Gasteiger partial charge in [0.1, 0.15) is 11.5 Å². The number of nitrogens with zero attached hydrogens (tertiary/aromatic N) is 3. The first-order valence-electron chi connectivity index (χ1n) is 4.51. The monoisotopic (exact) mass is 210 g/mol. The lowest BCUT2D eigenvalue weighted by molar-refractivity contribution is 0.0698. The van der Waals surface area contributed by atoms with Crippen molar-refractivity contribution in [1.82, 2.24) is 14.9 Å². The van der Waals surface area contributed by atoms with E-state index in [4.69, 9.17) is 10.8 Å². The third kappa shape index (κ3) is 3.17. The number of aliphatic hydroxyl groups is 1. The Morgan fingerprint density at radius 2 is 2.27 bits per heavy atom. The minimum absolute atomic E-state index is 0.215. The fourth-order valence-electron chi connectivity index (χ4n) is 1.12. The van der Waals surface area contributed by atoms with Crippen LogP contribution in [0.1, 0.15) is 17.4 Å². The minimum atomic E-state index is -0.569. The molecule has 0 aliphatic rings. The molecule has 6 nitrogen and oxygen atoms in total. The number of nitrogens with two attached hydrogens (primary N) is 1. The van der Waals surface area contributed by atoms with Gasteiger partial charge in [0, 0.05) is 13.6 Å². The van der Waals surface area contributed by atoms with Gasteiger partial charge >= 0.3 is 0 Å². The maximum absolute atomic E-state index is 11.7. The Balaban J connectivity index is 2.72. The Morgan fingerprint density at radius 1 is 1.60 bits per heavy atom. The summed E-state index contributed by atoms with van der Waals surface area (Å²) in [6, 6.07) is 0. The van der Waals surface area contributed by atoms with Gasteiger partial charge in [-0.1, -0.05) is 0 Å². The van der Waals surface area contributed by atoms with Crippen LogP contribution in [0, 0.1) is 0 Å². The normalized spacial score (nSPS) is 12.2. The lowest BCUT2D eigenvalue weighted by Gasteiger charge is -2.17. The standard InChI is InChI=1S/C9H14N4O2/c1-6(14)5-13(2)9(15)7-3-12-8(10)4-11-7/h3-4,6,14H,5H2,1-2H3,(H2,10,12). The lowest BCUT2D eigenvalue weighted by atomic mass is 10.3. The van der Waals surface area contributed by atoms with Gasteiger partial charge in [0.15, 0.2) is 0 Å². The number of anilines is 1. The zero-order chi connectivity index (χ0) is 11.4. The van der Waals surface area contributed by atoms with E-state index in [1.807, 2.05) is 0 Å². The summed E-state index contributed by atoms with van der Waals surface area (Å²) in [5, 5.41) is 9.11. The van der Waals surface area contributed by atoms with Gasteiger partial charge in [-0.05, 0) is 6.92 Å². The second kappa shape index (κ2) is 4.70. The number of hydrogen-bond acceptors (Lipinski definition) is 5. The molecular formula is C9H14N4O2. The lowest BCUT2D eigenvalue weighted by Crippen LogP contribution is -2.33. The average molecular weight is 210 g/mol. The molecule has 0 spiro atoms. The molecule has 0 aromatic carbocycles. The van der Waals surface area contributed by atoms with Crippen LogP contribution >= 0.6 is 0 Å². The zero-order valence-corrected chi connectivity index (χ0v) is 8.71. The van der Waals surface area contributed by atoms with E-state index >= 15 is 0 Å². The van der Waals surface area contributed by atoms with Crippen LogP contribution in [0.3, 0.4) is 0 Å². The molecule has 0 fully saturated rings. The molecule has 1 atom stereocenters. The molecule has 0 radical (unpaired) electrons. The van der Waals surface area contributed by atoms with E-state index in [2.05, 4.69) is 9.97 Å². The maximum atomic E-state index is 11.7. The van der Waals surface area contributed by atoms with Gasteiger partial charge in [0.2, 0.25) is 0 Å². The van der Waals surface area contributed by atoms with Gasteiger partial charge in [0.05, 0.1) is 18.5 Å². The number of rotatable bonds is 3. The van der Waals surface area contributed by atoms with Crippen LogP contribution in [-0.2, 0) is 0 Å². The molecule has 0 saturated heterocycles. The first-order valence-corrected chi connectivity index (χ1v) is 4.51. The van der Waals surface area contributed by atoms with Crippen molar-refractivity contribution in [3.05, 3.63) is 18.1 Å². The van der Waals surface area contributed by atoms with E-state index in [9.17, 15) is 4.79 Å². The second-order valence-corrected chi connectivity index (χ2v) is 3.36. The van der Waals surface area contributed by atoms with Crippen molar-refractivity contribution in [2.45, 2.75) is 13.0 Å². The second-order valence-electron chi connectivity index (χ2n) is 3.36. The van der Waals surface area contributed by atoms with E-state index < -0.39 is 6.10 Å². The summed E-state index contributed by atoms with van der Waals surface area (Å²) in [5.41, 5.74) is 5.56. The highest BCUT2D eigenvalue weighted by Gasteiger charge is 2.14. The molecule has 6 heteroatoms. The van der Waals surface area contributed by atoms with E-state index in [1.165, 1.54) is 17.3 Å². The highest BCUT2D eigenvalue weighted by molar-refractivity contribution is 5.91. The molecule has 0 saturated carbocycles. The van der Waals surface area contributed by atoms with Crippen molar-refractivity contribution in [2.24, 2.45) is 0 Å². The maximum Gasteiger partial charge on any atom is 0.273 e. The average Bonchev–Trinajstić information content (AvgIpc) is 2.17. The van der Waals surface area contributed by atoms with Gasteiger partial charge < -0.3 is 15.7 Å². The van der Waals surface area contributed by atoms with Gasteiger partial charge in [-0.25, -0.2) is 9.97 Å². The van der Waals surface area contributed by atoms with Crippen LogP contribution < -0.4 is 5.73 Å². The van der Waals surface area contributed by atoms with E-state index in [1.54, 1.807) is 14.0 Å². The number of nitrogen functional groups attached to an aromatic ring is 1. The number of carbonyl (C=O) groups is 1. The molecule has 1 amide bonds. The minimum Gasteiger partial charge on any atom is -0.392 e. The van der Waals surface area contributed by atoms with Crippen molar-refractivity contribution in [3.63, 3.8) is 0 Å². The Bertz CT molecular complexity index is 336. The molecule has 0 bridgehead atoms. The van der Waals surface area contributed by atoms with Gasteiger partial charge in [-0.15, -0.1) is 0 Å². The van der Waals surface area contributed by atoms with E-state index in [-0.39, 0.29) is 24.0 Å². The summed E-state index contributed by atoms with van der Waals surface area (Å²) in [7, 11) is 1.59. The fraction of sp³-hybridized carbons (Fsp3) is 0.444. The highest BCUT2D eigenvalue weighted by Crippen LogP contribution is 2.01.